The summed E-state index contributed by atoms with van der Waals surface area (Å²) < 4.78 is 1.08. The molecule has 112 valence electrons. The molecule has 0 aliphatic heterocycles. The van der Waals surface area contributed by atoms with Crippen LogP contribution in [0.2, 0.25) is 5.02 Å². The van der Waals surface area contributed by atoms with E-state index in [0.29, 0.717) is 6.04 Å². The van der Waals surface area contributed by atoms with Crippen LogP contribution in [0.4, 0.5) is 0 Å². The van der Waals surface area contributed by atoms with Gasteiger partial charge in [0.25, 0.3) is 0 Å². The number of benzene rings is 1. The first kappa shape index (κ1) is 16.3. The Balaban J connectivity index is 2.20. The van der Waals surface area contributed by atoms with Crippen molar-refractivity contribution in [2.45, 2.75) is 57.9 Å². The van der Waals surface area contributed by atoms with E-state index in [2.05, 4.69) is 40.3 Å². The van der Waals surface area contributed by atoms with Crippen LogP contribution in [-0.4, -0.2) is 6.54 Å². The molecule has 1 nitrogen and oxygen atoms in total. The quantitative estimate of drug-likeness (QED) is 0.626. The Kier molecular flexibility index (Phi) is 6.86. The van der Waals surface area contributed by atoms with Crippen LogP contribution in [0.15, 0.2) is 22.7 Å². The molecule has 1 aliphatic carbocycles. The molecule has 0 saturated heterocycles. The zero-order valence-electron chi connectivity index (χ0n) is 12.3. The van der Waals surface area contributed by atoms with Crippen molar-refractivity contribution >= 4 is 27.5 Å². The fraction of sp³-hybridized carbons (Fsp3) is 0.647. The third-order valence-corrected chi connectivity index (χ3v) is 4.91. The summed E-state index contributed by atoms with van der Waals surface area (Å²) in [5.41, 5.74) is 1.34. The summed E-state index contributed by atoms with van der Waals surface area (Å²) in [7, 11) is 0. The molecule has 1 aliphatic rings. The fourth-order valence-corrected chi connectivity index (χ4v) is 4.14. The van der Waals surface area contributed by atoms with Gasteiger partial charge in [-0.25, -0.2) is 0 Å². The number of hydrogen-bond acceptors (Lipinski definition) is 1. The molecule has 1 aromatic carbocycles. The largest absolute Gasteiger partial charge is 0.310 e. The van der Waals surface area contributed by atoms with E-state index in [1.165, 1.54) is 50.5 Å². The number of halogens is 2. The molecule has 1 saturated carbocycles. The van der Waals surface area contributed by atoms with Crippen LogP contribution in [0, 0.1) is 5.92 Å². The standard InChI is InChI=1S/C17H25BrClN/c1-2-9-20-17(13-7-5-3-4-6-8-13)14-10-15(18)12-16(19)11-14/h10-13,17,20H,2-9H2,1H3. The van der Waals surface area contributed by atoms with E-state index in [-0.39, 0.29) is 0 Å². The third-order valence-electron chi connectivity index (χ3n) is 4.23. The second-order valence-corrected chi connectivity index (χ2v) is 7.24. The molecule has 3 heteroatoms. The lowest BCUT2D eigenvalue weighted by Crippen LogP contribution is -2.29. The van der Waals surface area contributed by atoms with Gasteiger partial charge in [-0.2, -0.15) is 0 Å². The van der Waals surface area contributed by atoms with Crippen LogP contribution < -0.4 is 5.32 Å². The van der Waals surface area contributed by atoms with Gasteiger partial charge in [0.1, 0.15) is 0 Å². The van der Waals surface area contributed by atoms with Crippen LogP contribution in [0.5, 0.6) is 0 Å². The van der Waals surface area contributed by atoms with E-state index in [1.54, 1.807) is 0 Å². The Labute approximate surface area is 136 Å². The van der Waals surface area contributed by atoms with E-state index in [0.717, 1.165) is 22.0 Å². The van der Waals surface area contributed by atoms with Gasteiger partial charge in [0.15, 0.2) is 0 Å². The molecule has 2 rings (SSSR count). The second-order valence-electron chi connectivity index (χ2n) is 5.89. The highest BCUT2D eigenvalue weighted by atomic mass is 79.9. The Bertz CT molecular complexity index is 393. The molecule has 1 aromatic rings. The summed E-state index contributed by atoms with van der Waals surface area (Å²) in [6.45, 7) is 3.30. The zero-order valence-corrected chi connectivity index (χ0v) is 14.6. The lowest BCUT2D eigenvalue weighted by molar-refractivity contribution is 0.325. The molecule has 1 atom stereocenters. The van der Waals surface area contributed by atoms with Crippen LogP contribution in [-0.2, 0) is 0 Å². The number of hydrogen-bond donors (Lipinski definition) is 1. The number of nitrogens with one attached hydrogen (secondary N) is 1. The van der Waals surface area contributed by atoms with Crippen LogP contribution in [0.25, 0.3) is 0 Å². The molecule has 0 amide bonds. The highest BCUT2D eigenvalue weighted by Crippen LogP contribution is 2.35. The number of rotatable bonds is 5. The van der Waals surface area contributed by atoms with E-state index in [4.69, 9.17) is 11.6 Å². The molecule has 20 heavy (non-hydrogen) atoms. The van der Waals surface area contributed by atoms with E-state index in [9.17, 15) is 0 Å². The zero-order chi connectivity index (χ0) is 14.4. The first-order valence-corrected chi connectivity index (χ1v) is 9.07. The predicted molar refractivity (Wildman–Crippen MR) is 91.4 cm³/mol. The van der Waals surface area contributed by atoms with Crippen LogP contribution in [0.1, 0.15) is 63.5 Å². The molecule has 1 unspecified atom stereocenters. The van der Waals surface area contributed by atoms with E-state index >= 15 is 0 Å². The maximum Gasteiger partial charge on any atom is 0.0420 e. The first-order chi connectivity index (χ1) is 9.70. The predicted octanol–water partition coefficient (Wildman–Crippen LogP) is 6.11. The van der Waals surface area contributed by atoms with E-state index < -0.39 is 0 Å². The molecule has 0 radical (unpaired) electrons. The Morgan fingerprint density at radius 2 is 1.90 bits per heavy atom. The minimum Gasteiger partial charge on any atom is -0.310 e. The summed E-state index contributed by atoms with van der Waals surface area (Å²) in [5.74, 6) is 0.745. The maximum atomic E-state index is 6.24. The molecular weight excluding hydrogens is 334 g/mol. The highest BCUT2D eigenvalue weighted by Gasteiger charge is 2.24. The highest BCUT2D eigenvalue weighted by molar-refractivity contribution is 9.10. The van der Waals surface area contributed by atoms with Crippen molar-refractivity contribution < 1.29 is 0 Å². The summed E-state index contributed by atoms with van der Waals surface area (Å²) in [4.78, 5) is 0. The van der Waals surface area contributed by atoms with Gasteiger partial charge in [-0.1, -0.05) is 60.1 Å². The van der Waals surface area contributed by atoms with Gasteiger partial charge in [0.05, 0.1) is 0 Å². The first-order valence-electron chi connectivity index (χ1n) is 7.90. The average molecular weight is 359 g/mol. The maximum absolute atomic E-state index is 6.24. The fourth-order valence-electron chi connectivity index (χ4n) is 3.26. The van der Waals surface area contributed by atoms with Gasteiger partial charge in [-0.3, -0.25) is 0 Å². The van der Waals surface area contributed by atoms with Gasteiger partial charge < -0.3 is 5.32 Å². The Morgan fingerprint density at radius 1 is 1.20 bits per heavy atom. The third kappa shape index (κ3) is 4.75. The van der Waals surface area contributed by atoms with Gasteiger partial charge >= 0.3 is 0 Å². The molecule has 0 heterocycles. The van der Waals surface area contributed by atoms with Crippen molar-refractivity contribution in [2.75, 3.05) is 6.54 Å². The monoisotopic (exact) mass is 357 g/mol. The molecule has 0 spiro atoms. The molecule has 1 N–H and O–H groups in total. The molecule has 1 fully saturated rings. The minimum absolute atomic E-state index is 0.447. The van der Waals surface area contributed by atoms with Crippen LogP contribution >= 0.6 is 27.5 Å². The summed E-state index contributed by atoms with van der Waals surface area (Å²) in [6, 6.07) is 6.77. The minimum atomic E-state index is 0.447. The van der Waals surface area contributed by atoms with Crippen molar-refractivity contribution in [3.8, 4) is 0 Å². The van der Waals surface area contributed by atoms with Crippen molar-refractivity contribution in [2.24, 2.45) is 5.92 Å². The van der Waals surface area contributed by atoms with Gasteiger partial charge in [0.2, 0.25) is 0 Å². The van der Waals surface area contributed by atoms with Crippen molar-refractivity contribution in [1.29, 1.82) is 0 Å². The van der Waals surface area contributed by atoms with Gasteiger partial charge in [0, 0.05) is 15.5 Å². The van der Waals surface area contributed by atoms with Crippen LogP contribution in [0.3, 0.4) is 0 Å². The second kappa shape index (κ2) is 8.41. The Hall–Kier alpha value is -0.0500. The summed E-state index contributed by atoms with van der Waals surface area (Å²) in [5, 5.41) is 4.58. The topological polar surface area (TPSA) is 12.0 Å². The normalized spacial score (nSPS) is 18.8. The van der Waals surface area contributed by atoms with Gasteiger partial charge in [-0.15, -0.1) is 0 Å². The Morgan fingerprint density at radius 3 is 2.50 bits per heavy atom. The molecular formula is C17H25BrClN. The molecule has 0 bridgehead atoms. The van der Waals surface area contributed by atoms with E-state index in [1.807, 2.05) is 6.07 Å². The molecule has 0 aromatic heterocycles. The lowest BCUT2D eigenvalue weighted by atomic mass is 9.87. The van der Waals surface area contributed by atoms with Gasteiger partial charge in [-0.05, 0) is 55.5 Å². The SMILES string of the molecule is CCCNC(c1cc(Cl)cc(Br)c1)C1CCCCCC1. The summed E-state index contributed by atoms with van der Waals surface area (Å²) in [6.07, 6.45) is 9.39. The smallest absolute Gasteiger partial charge is 0.0420 e. The van der Waals surface area contributed by atoms with Crippen molar-refractivity contribution in [3.63, 3.8) is 0 Å². The van der Waals surface area contributed by atoms with Crippen molar-refractivity contribution in [3.05, 3.63) is 33.3 Å². The lowest BCUT2D eigenvalue weighted by Gasteiger charge is -2.28. The summed E-state index contributed by atoms with van der Waals surface area (Å²) >= 11 is 9.82. The van der Waals surface area contributed by atoms with Crippen molar-refractivity contribution in [1.82, 2.24) is 5.32 Å². The average Bonchev–Trinajstić information content (AvgIpc) is 2.67.